The fourth-order valence-electron chi connectivity index (χ4n) is 2.42. The van der Waals surface area contributed by atoms with Gasteiger partial charge in [-0.3, -0.25) is 4.99 Å². The van der Waals surface area contributed by atoms with Gasteiger partial charge in [-0.25, -0.2) is 0 Å². The molecule has 0 amide bonds. The molecule has 0 heterocycles. The highest BCUT2D eigenvalue weighted by Gasteiger charge is 2.20. The van der Waals surface area contributed by atoms with Crippen molar-refractivity contribution in [3.05, 3.63) is 35.9 Å². The predicted molar refractivity (Wildman–Crippen MR) is 103 cm³/mol. The Labute approximate surface area is 152 Å². The van der Waals surface area contributed by atoms with Crippen LogP contribution in [-0.2, 0) is 16.1 Å². The molecule has 1 aliphatic carbocycles. The summed E-state index contributed by atoms with van der Waals surface area (Å²) in [4.78, 5) is 4.26. The van der Waals surface area contributed by atoms with Crippen LogP contribution in [-0.4, -0.2) is 45.9 Å². The highest BCUT2D eigenvalue weighted by Crippen LogP contribution is 2.28. The van der Waals surface area contributed by atoms with Crippen LogP contribution in [0.25, 0.3) is 0 Å². The zero-order valence-corrected chi connectivity index (χ0v) is 15.7. The molecule has 0 saturated heterocycles. The fourth-order valence-corrected chi connectivity index (χ4v) is 2.42. The third kappa shape index (κ3) is 9.46. The minimum absolute atomic E-state index is 0.420. The summed E-state index contributed by atoms with van der Waals surface area (Å²) in [5.74, 6) is 2.11. The first-order valence-electron chi connectivity index (χ1n) is 9.42. The molecule has 0 spiro atoms. The molecule has 2 N–H and O–H groups in total. The van der Waals surface area contributed by atoms with E-state index in [0.717, 1.165) is 51.2 Å². The zero-order chi connectivity index (χ0) is 17.7. The Balaban J connectivity index is 1.47. The Morgan fingerprint density at radius 2 is 2.00 bits per heavy atom. The Kier molecular flexibility index (Phi) is 9.37. The quantitative estimate of drug-likeness (QED) is 0.347. The van der Waals surface area contributed by atoms with Crippen LogP contribution < -0.4 is 10.6 Å². The summed E-state index contributed by atoms with van der Waals surface area (Å²) in [6.45, 7) is 7.05. The van der Waals surface area contributed by atoms with Gasteiger partial charge in [0.2, 0.25) is 0 Å². The number of ether oxygens (including phenoxy) is 2. The smallest absolute Gasteiger partial charge is 0.190 e. The van der Waals surface area contributed by atoms with Gasteiger partial charge in [0.05, 0.1) is 13.2 Å². The van der Waals surface area contributed by atoms with Gasteiger partial charge in [0.25, 0.3) is 0 Å². The Bertz CT molecular complexity index is 489. The molecule has 5 nitrogen and oxygen atoms in total. The number of nitrogens with zero attached hydrogens (tertiary/aromatic N) is 1. The van der Waals surface area contributed by atoms with Crippen LogP contribution in [0.1, 0.15) is 31.7 Å². The Hall–Kier alpha value is -1.59. The van der Waals surface area contributed by atoms with Gasteiger partial charge in [0.1, 0.15) is 0 Å². The van der Waals surface area contributed by atoms with Gasteiger partial charge < -0.3 is 20.1 Å². The molecule has 0 aliphatic heterocycles. The standard InChI is InChI=1S/C20H33N3O2/c1-17(14-25-16-18-7-4-3-5-8-18)13-23-20(21-2)22-11-6-12-24-15-19-9-10-19/h3-5,7-8,17,19H,6,9-16H2,1-2H3,(H2,21,22,23). The van der Waals surface area contributed by atoms with Crippen molar-refractivity contribution < 1.29 is 9.47 Å². The van der Waals surface area contributed by atoms with Gasteiger partial charge in [0, 0.05) is 33.4 Å². The second-order valence-electron chi connectivity index (χ2n) is 6.86. The summed E-state index contributed by atoms with van der Waals surface area (Å²) >= 11 is 0. The second kappa shape index (κ2) is 11.9. The molecule has 1 aromatic rings. The van der Waals surface area contributed by atoms with Crippen LogP contribution in [0.3, 0.4) is 0 Å². The van der Waals surface area contributed by atoms with E-state index in [2.05, 4.69) is 34.7 Å². The molecule has 140 valence electrons. The van der Waals surface area contributed by atoms with Crippen molar-refractivity contribution in [1.29, 1.82) is 0 Å². The highest BCUT2D eigenvalue weighted by atomic mass is 16.5. The molecule has 2 rings (SSSR count). The van der Waals surface area contributed by atoms with Crippen molar-refractivity contribution in [3.63, 3.8) is 0 Å². The van der Waals surface area contributed by atoms with Gasteiger partial charge in [-0.1, -0.05) is 37.3 Å². The third-order valence-corrected chi connectivity index (χ3v) is 4.16. The van der Waals surface area contributed by atoms with Gasteiger partial charge in [-0.05, 0) is 36.7 Å². The van der Waals surface area contributed by atoms with E-state index in [4.69, 9.17) is 9.47 Å². The van der Waals surface area contributed by atoms with Crippen molar-refractivity contribution in [2.45, 2.75) is 32.8 Å². The lowest BCUT2D eigenvalue weighted by atomic mass is 10.2. The van der Waals surface area contributed by atoms with E-state index in [1.54, 1.807) is 7.05 Å². The Morgan fingerprint density at radius 3 is 2.72 bits per heavy atom. The maximum absolute atomic E-state index is 5.78. The molecule has 0 aromatic heterocycles. The lowest BCUT2D eigenvalue weighted by Gasteiger charge is -2.16. The van der Waals surface area contributed by atoms with E-state index in [9.17, 15) is 0 Å². The molecular formula is C20H33N3O2. The van der Waals surface area contributed by atoms with E-state index in [1.807, 2.05) is 18.2 Å². The number of aliphatic imine (C=N–C) groups is 1. The monoisotopic (exact) mass is 347 g/mol. The lowest BCUT2D eigenvalue weighted by Crippen LogP contribution is -2.40. The third-order valence-electron chi connectivity index (χ3n) is 4.16. The minimum Gasteiger partial charge on any atom is -0.381 e. The molecule has 1 fully saturated rings. The van der Waals surface area contributed by atoms with Gasteiger partial charge in [0.15, 0.2) is 5.96 Å². The maximum atomic E-state index is 5.78. The van der Waals surface area contributed by atoms with Crippen LogP contribution >= 0.6 is 0 Å². The van der Waals surface area contributed by atoms with E-state index in [-0.39, 0.29) is 0 Å². The number of benzene rings is 1. The number of hydrogen-bond donors (Lipinski definition) is 2. The van der Waals surface area contributed by atoms with Gasteiger partial charge in [-0.15, -0.1) is 0 Å². The molecule has 1 aromatic carbocycles. The number of guanidine groups is 1. The van der Waals surface area contributed by atoms with E-state index in [1.165, 1.54) is 18.4 Å². The van der Waals surface area contributed by atoms with E-state index < -0.39 is 0 Å². The zero-order valence-electron chi connectivity index (χ0n) is 15.7. The maximum Gasteiger partial charge on any atom is 0.190 e. The van der Waals surface area contributed by atoms with Crippen LogP contribution in [0.15, 0.2) is 35.3 Å². The largest absolute Gasteiger partial charge is 0.381 e. The number of hydrogen-bond acceptors (Lipinski definition) is 3. The van der Waals surface area contributed by atoms with Gasteiger partial charge >= 0.3 is 0 Å². The van der Waals surface area contributed by atoms with Crippen LogP contribution in [0.4, 0.5) is 0 Å². The molecule has 1 atom stereocenters. The predicted octanol–water partition coefficient (Wildman–Crippen LogP) is 2.82. The van der Waals surface area contributed by atoms with Crippen molar-refractivity contribution in [2.75, 3.05) is 40.0 Å². The average Bonchev–Trinajstić information content (AvgIpc) is 3.45. The summed E-state index contributed by atoms with van der Waals surface area (Å²) < 4.78 is 11.4. The topological polar surface area (TPSA) is 54.9 Å². The Morgan fingerprint density at radius 1 is 1.20 bits per heavy atom. The molecule has 1 saturated carbocycles. The van der Waals surface area contributed by atoms with E-state index in [0.29, 0.717) is 12.5 Å². The fraction of sp³-hybridized carbons (Fsp3) is 0.650. The molecule has 0 bridgehead atoms. The highest BCUT2D eigenvalue weighted by molar-refractivity contribution is 5.79. The molecular weight excluding hydrogens is 314 g/mol. The summed E-state index contributed by atoms with van der Waals surface area (Å²) in [6, 6.07) is 10.3. The minimum atomic E-state index is 0.420. The SMILES string of the molecule is CN=C(NCCCOCC1CC1)NCC(C)COCc1ccccc1. The van der Waals surface area contributed by atoms with Crippen molar-refractivity contribution in [3.8, 4) is 0 Å². The normalized spacial score (nSPS) is 15.8. The molecule has 5 heteroatoms. The summed E-state index contributed by atoms with van der Waals surface area (Å²) in [7, 11) is 1.80. The van der Waals surface area contributed by atoms with Crippen LogP contribution in [0.2, 0.25) is 0 Å². The summed E-state index contributed by atoms with van der Waals surface area (Å²) in [5, 5.41) is 6.68. The van der Waals surface area contributed by atoms with E-state index >= 15 is 0 Å². The van der Waals surface area contributed by atoms with Gasteiger partial charge in [-0.2, -0.15) is 0 Å². The molecule has 1 aliphatic rings. The van der Waals surface area contributed by atoms with Crippen molar-refractivity contribution >= 4 is 5.96 Å². The molecule has 1 unspecified atom stereocenters. The first kappa shape index (κ1) is 19.7. The number of nitrogens with one attached hydrogen (secondary N) is 2. The summed E-state index contributed by atoms with van der Waals surface area (Å²) in [5.41, 5.74) is 1.21. The first-order valence-corrected chi connectivity index (χ1v) is 9.42. The molecule has 0 radical (unpaired) electrons. The summed E-state index contributed by atoms with van der Waals surface area (Å²) in [6.07, 6.45) is 3.70. The average molecular weight is 348 g/mol. The van der Waals surface area contributed by atoms with Crippen LogP contribution in [0.5, 0.6) is 0 Å². The second-order valence-corrected chi connectivity index (χ2v) is 6.86. The van der Waals surface area contributed by atoms with Crippen molar-refractivity contribution in [2.24, 2.45) is 16.8 Å². The first-order chi connectivity index (χ1) is 12.3. The lowest BCUT2D eigenvalue weighted by molar-refractivity contribution is 0.0931. The van der Waals surface area contributed by atoms with Crippen molar-refractivity contribution in [1.82, 2.24) is 10.6 Å². The van der Waals surface area contributed by atoms with Crippen LogP contribution in [0, 0.1) is 11.8 Å². The number of rotatable bonds is 12. The molecule has 25 heavy (non-hydrogen) atoms.